The minimum atomic E-state index is -0.298. The molecule has 0 heterocycles. The zero-order valence-corrected chi connectivity index (χ0v) is 11.7. The van der Waals surface area contributed by atoms with Crippen LogP contribution in [0.3, 0.4) is 0 Å². The molecule has 0 unspecified atom stereocenters. The van der Waals surface area contributed by atoms with E-state index in [2.05, 4.69) is 0 Å². The van der Waals surface area contributed by atoms with Crippen LogP contribution in [-0.4, -0.2) is 12.4 Å². The van der Waals surface area contributed by atoms with Gasteiger partial charge in [0.2, 0.25) is 0 Å². The molecule has 0 bridgehead atoms. The number of hydrogen-bond acceptors (Lipinski definition) is 3. The second-order valence-corrected chi connectivity index (χ2v) is 5.42. The average molecular weight is 298 g/mol. The molecule has 100 valence electrons. The Hall–Kier alpha value is -1.39. The molecule has 0 saturated carbocycles. The van der Waals surface area contributed by atoms with Crippen molar-refractivity contribution < 1.29 is 9.13 Å². The summed E-state index contributed by atoms with van der Waals surface area (Å²) in [6.07, 6.45) is 0. The van der Waals surface area contributed by atoms with E-state index >= 15 is 0 Å². The Kier molecular flexibility index (Phi) is 4.93. The summed E-state index contributed by atoms with van der Waals surface area (Å²) >= 11 is 7.23. The topological polar surface area (TPSA) is 35.2 Å². The van der Waals surface area contributed by atoms with E-state index in [4.69, 9.17) is 22.1 Å². The highest BCUT2D eigenvalue weighted by atomic mass is 35.5. The lowest BCUT2D eigenvalue weighted by atomic mass is 10.3. The van der Waals surface area contributed by atoms with Crippen molar-refractivity contribution in [1.82, 2.24) is 0 Å². The van der Waals surface area contributed by atoms with E-state index in [9.17, 15) is 4.39 Å². The molecule has 0 amide bonds. The lowest BCUT2D eigenvalue weighted by Gasteiger charge is -2.07. The molecule has 0 fully saturated rings. The Bertz CT molecular complexity index is 565. The molecule has 0 radical (unpaired) electrons. The summed E-state index contributed by atoms with van der Waals surface area (Å²) in [5, 5.41) is 0.634. The van der Waals surface area contributed by atoms with E-state index in [1.807, 2.05) is 12.1 Å². The van der Waals surface area contributed by atoms with Crippen LogP contribution in [0.1, 0.15) is 0 Å². The number of hydrogen-bond donors (Lipinski definition) is 1. The van der Waals surface area contributed by atoms with Crippen molar-refractivity contribution in [2.45, 2.75) is 4.90 Å². The zero-order chi connectivity index (χ0) is 13.7. The van der Waals surface area contributed by atoms with Crippen LogP contribution in [-0.2, 0) is 0 Å². The second kappa shape index (κ2) is 6.68. The molecule has 2 nitrogen and oxygen atoms in total. The molecular weight excluding hydrogens is 285 g/mol. The molecule has 2 N–H and O–H groups in total. The van der Waals surface area contributed by atoms with Crippen LogP contribution in [0, 0.1) is 5.82 Å². The number of nitrogen functional groups attached to an aromatic ring is 1. The van der Waals surface area contributed by atoms with Gasteiger partial charge in [-0.25, -0.2) is 4.39 Å². The van der Waals surface area contributed by atoms with E-state index in [0.717, 1.165) is 0 Å². The Morgan fingerprint density at radius 3 is 2.79 bits per heavy atom. The minimum absolute atomic E-state index is 0.298. The smallest absolute Gasteiger partial charge is 0.138 e. The lowest BCUT2D eigenvalue weighted by Crippen LogP contribution is -2.00. The van der Waals surface area contributed by atoms with Crippen molar-refractivity contribution in [2.24, 2.45) is 0 Å². The molecular formula is C14H13ClFNOS. The maximum absolute atomic E-state index is 13.5. The highest BCUT2D eigenvalue weighted by molar-refractivity contribution is 7.99. The molecule has 0 aliphatic carbocycles. The van der Waals surface area contributed by atoms with Crippen molar-refractivity contribution in [3.63, 3.8) is 0 Å². The second-order valence-electron chi connectivity index (χ2n) is 3.84. The van der Waals surface area contributed by atoms with Gasteiger partial charge in [0.15, 0.2) is 0 Å². The normalized spacial score (nSPS) is 10.4. The monoisotopic (exact) mass is 297 g/mol. The van der Waals surface area contributed by atoms with E-state index in [1.165, 1.54) is 17.8 Å². The predicted octanol–water partition coefficient (Wildman–Crippen LogP) is 4.23. The fourth-order valence-electron chi connectivity index (χ4n) is 1.50. The Morgan fingerprint density at radius 1 is 1.21 bits per heavy atom. The van der Waals surface area contributed by atoms with Gasteiger partial charge in [0.1, 0.15) is 11.6 Å². The van der Waals surface area contributed by atoms with Crippen LogP contribution >= 0.6 is 23.4 Å². The highest BCUT2D eigenvalue weighted by Gasteiger charge is 2.03. The van der Waals surface area contributed by atoms with Crippen LogP contribution < -0.4 is 10.5 Å². The third-order valence-corrected chi connectivity index (χ3v) is 3.61. The quantitative estimate of drug-likeness (QED) is 0.509. The van der Waals surface area contributed by atoms with Crippen LogP contribution in [0.2, 0.25) is 5.02 Å². The minimum Gasteiger partial charge on any atom is -0.493 e. The number of nitrogens with two attached hydrogens (primary N) is 1. The molecule has 2 aromatic rings. The number of thioether (sulfide) groups is 1. The average Bonchev–Trinajstić information content (AvgIpc) is 2.37. The Morgan fingerprint density at radius 2 is 2.05 bits per heavy atom. The van der Waals surface area contributed by atoms with Gasteiger partial charge < -0.3 is 10.5 Å². The standard InChI is InChI=1S/C14H13ClFNOS/c15-10-2-1-3-12(8-10)18-6-7-19-14-5-4-11(17)9-13(14)16/h1-5,8-9H,6-7,17H2. The summed E-state index contributed by atoms with van der Waals surface area (Å²) < 4.78 is 19.0. The van der Waals surface area contributed by atoms with Gasteiger partial charge in [0.25, 0.3) is 0 Å². The van der Waals surface area contributed by atoms with Crippen molar-refractivity contribution >= 4 is 29.1 Å². The first-order chi connectivity index (χ1) is 9.15. The first-order valence-corrected chi connectivity index (χ1v) is 7.08. The molecule has 2 aromatic carbocycles. The highest BCUT2D eigenvalue weighted by Crippen LogP contribution is 2.24. The summed E-state index contributed by atoms with van der Waals surface area (Å²) in [7, 11) is 0. The number of anilines is 1. The number of rotatable bonds is 5. The zero-order valence-electron chi connectivity index (χ0n) is 10.1. The molecule has 0 aromatic heterocycles. The Balaban J connectivity index is 1.81. The molecule has 0 aliphatic rings. The van der Waals surface area contributed by atoms with Gasteiger partial charge in [-0.2, -0.15) is 0 Å². The first kappa shape index (κ1) is 14.0. The summed E-state index contributed by atoms with van der Waals surface area (Å²) in [4.78, 5) is 0.573. The molecule has 2 rings (SSSR count). The maximum Gasteiger partial charge on any atom is 0.138 e. The third-order valence-electron chi connectivity index (χ3n) is 2.36. The molecule has 0 aliphatic heterocycles. The maximum atomic E-state index is 13.5. The number of benzene rings is 2. The van der Waals surface area contributed by atoms with E-state index < -0.39 is 0 Å². The van der Waals surface area contributed by atoms with Gasteiger partial charge >= 0.3 is 0 Å². The van der Waals surface area contributed by atoms with Crippen LogP contribution in [0.5, 0.6) is 5.75 Å². The van der Waals surface area contributed by atoms with Crippen molar-refractivity contribution in [2.75, 3.05) is 18.1 Å². The fraction of sp³-hybridized carbons (Fsp3) is 0.143. The van der Waals surface area contributed by atoms with Crippen LogP contribution in [0.15, 0.2) is 47.4 Å². The summed E-state index contributed by atoms with van der Waals surface area (Å²) in [5.74, 6) is 1.06. The van der Waals surface area contributed by atoms with Gasteiger partial charge in [0, 0.05) is 21.4 Å². The van der Waals surface area contributed by atoms with Gasteiger partial charge in [-0.3, -0.25) is 0 Å². The van der Waals surface area contributed by atoms with Crippen molar-refractivity contribution in [3.05, 3.63) is 53.3 Å². The summed E-state index contributed by atoms with van der Waals surface area (Å²) in [5.41, 5.74) is 5.91. The predicted molar refractivity (Wildman–Crippen MR) is 78.5 cm³/mol. The molecule has 0 saturated heterocycles. The largest absolute Gasteiger partial charge is 0.493 e. The Labute approximate surface area is 120 Å². The fourth-order valence-corrected chi connectivity index (χ4v) is 2.43. The summed E-state index contributed by atoms with van der Waals surface area (Å²) in [6.45, 7) is 0.481. The van der Waals surface area contributed by atoms with Crippen molar-refractivity contribution in [1.29, 1.82) is 0 Å². The van der Waals surface area contributed by atoms with Gasteiger partial charge in [-0.1, -0.05) is 17.7 Å². The summed E-state index contributed by atoms with van der Waals surface area (Å²) in [6, 6.07) is 11.9. The third kappa shape index (κ3) is 4.33. The number of ether oxygens (including phenoxy) is 1. The van der Waals surface area contributed by atoms with Gasteiger partial charge in [-0.15, -0.1) is 11.8 Å². The van der Waals surface area contributed by atoms with Crippen LogP contribution in [0.4, 0.5) is 10.1 Å². The van der Waals surface area contributed by atoms with E-state index in [0.29, 0.717) is 33.7 Å². The SMILES string of the molecule is Nc1ccc(SCCOc2cccc(Cl)c2)c(F)c1. The molecule has 19 heavy (non-hydrogen) atoms. The van der Waals surface area contributed by atoms with E-state index in [-0.39, 0.29) is 5.82 Å². The first-order valence-electron chi connectivity index (χ1n) is 5.71. The lowest BCUT2D eigenvalue weighted by molar-refractivity contribution is 0.344. The number of halogens is 2. The molecule has 0 spiro atoms. The van der Waals surface area contributed by atoms with Crippen molar-refractivity contribution in [3.8, 4) is 5.75 Å². The van der Waals surface area contributed by atoms with Gasteiger partial charge in [0.05, 0.1) is 6.61 Å². The van der Waals surface area contributed by atoms with Crippen LogP contribution in [0.25, 0.3) is 0 Å². The van der Waals surface area contributed by atoms with E-state index in [1.54, 1.807) is 24.3 Å². The molecule has 5 heteroatoms. The van der Waals surface area contributed by atoms with Gasteiger partial charge in [-0.05, 0) is 36.4 Å². The molecule has 0 atom stereocenters.